The van der Waals surface area contributed by atoms with E-state index >= 15 is 0 Å². The fraction of sp³-hybridized carbons (Fsp3) is 0. The van der Waals surface area contributed by atoms with Crippen LogP contribution in [0.1, 0.15) is 5.56 Å². The van der Waals surface area contributed by atoms with Crippen LogP contribution in [-0.4, -0.2) is 16.2 Å². The molecule has 0 aliphatic carbocycles. The van der Waals surface area contributed by atoms with Crippen LogP contribution in [0.5, 0.6) is 0 Å². The van der Waals surface area contributed by atoms with E-state index in [0.29, 0.717) is 16.8 Å². The predicted octanol–water partition coefficient (Wildman–Crippen LogP) is 4.38. The Hall–Kier alpha value is -2.79. The Bertz CT molecular complexity index is 820. The summed E-state index contributed by atoms with van der Waals surface area (Å²) in [5.41, 5.74) is 4.43. The van der Waals surface area contributed by atoms with Crippen LogP contribution in [0.3, 0.4) is 0 Å². The van der Waals surface area contributed by atoms with E-state index in [4.69, 9.17) is 11.6 Å². The summed E-state index contributed by atoms with van der Waals surface area (Å²) < 4.78 is 12.8. The van der Waals surface area contributed by atoms with Gasteiger partial charge in [-0.05, 0) is 17.7 Å². The standard InChI is InChI=1S/C17H12ClFN4/c18-15-10-16(22-17(21-15)13-4-2-1-3-5-13)23-20-11-12-6-8-14(19)9-7-12/h1-11H,(H,21,22,23)/b20-11-. The van der Waals surface area contributed by atoms with Crippen molar-refractivity contribution in [1.29, 1.82) is 0 Å². The van der Waals surface area contributed by atoms with Crippen molar-refractivity contribution in [2.45, 2.75) is 0 Å². The molecular formula is C17H12ClFN4. The lowest BCUT2D eigenvalue weighted by Gasteiger charge is -2.04. The molecule has 0 atom stereocenters. The zero-order valence-electron chi connectivity index (χ0n) is 11.9. The maximum atomic E-state index is 12.8. The van der Waals surface area contributed by atoms with Crippen molar-refractivity contribution < 1.29 is 4.39 Å². The molecule has 0 aliphatic rings. The van der Waals surface area contributed by atoms with E-state index < -0.39 is 0 Å². The first-order valence-corrected chi connectivity index (χ1v) is 7.23. The van der Waals surface area contributed by atoms with Gasteiger partial charge in [-0.15, -0.1) is 0 Å². The lowest BCUT2D eigenvalue weighted by molar-refractivity contribution is 0.628. The Balaban J connectivity index is 1.78. The smallest absolute Gasteiger partial charge is 0.163 e. The van der Waals surface area contributed by atoms with Crippen LogP contribution in [0.15, 0.2) is 65.8 Å². The van der Waals surface area contributed by atoms with Gasteiger partial charge >= 0.3 is 0 Å². The molecule has 1 N–H and O–H groups in total. The zero-order valence-corrected chi connectivity index (χ0v) is 12.7. The molecule has 114 valence electrons. The number of benzene rings is 2. The second-order valence-corrected chi connectivity index (χ2v) is 5.07. The molecule has 0 unspecified atom stereocenters. The highest BCUT2D eigenvalue weighted by Gasteiger charge is 2.04. The van der Waals surface area contributed by atoms with Crippen LogP contribution in [0.4, 0.5) is 10.2 Å². The Labute approximate surface area is 137 Å². The Morgan fingerprint density at radius 3 is 2.48 bits per heavy atom. The van der Waals surface area contributed by atoms with Gasteiger partial charge in [0.1, 0.15) is 11.0 Å². The highest BCUT2D eigenvalue weighted by molar-refractivity contribution is 6.29. The summed E-state index contributed by atoms with van der Waals surface area (Å²) in [6.45, 7) is 0. The van der Waals surface area contributed by atoms with Gasteiger partial charge in [0.25, 0.3) is 0 Å². The molecule has 3 aromatic rings. The molecule has 3 rings (SSSR count). The number of hydrogen-bond acceptors (Lipinski definition) is 4. The Morgan fingerprint density at radius 1 is 1.00 bits per heavy atom. The van der Waals surface area contributed by atoms with Crippen molar-refractivity contribution in [3.05, 3.63) is 77.2 Å². The van der Waals surface area contributed by atoms with Gasteiger partial charge in [-0.25, -0.2) is 14.4 Å². The normalized spacial score (nSPS) is 10.9. The van der Waals surface area contributed by atoms with Gasteiger partial charge in [0, 0.05) is 11.6 Å². The van der Waals surface area contributed by atoms with Gasteiger partial charge < -0.3 is 0 Å². The van der Waals surface area contributed by atoms with E-state index in [0.717, 1.165) is 11.1 Å². The molecule has 4 nitrogen and oxygen atoms in total. The minimum absolute atomic E-state index is 0.287. The zero-order chi connectivity index (χ0) is 16.1. The van der Waals surface area contributed by atoms with Gasteiger partial charge in [0.05, 0.1) is 6.21 Å². The number of aromatic nitrogens is 2. The van der Waals surface area contributed by atoms with Crippen LogP contribution in [0.25, 0.3) is 11.4 Å². The molecular weight excluding hydrogens is 315 g/mol. The maximum Gasteiger partial charge on any atom is 0.163 e. The summed E-state index contributed by atoms with van der Waals surface area (Å²) in [4.78, 5) is 8.57. The number of hydrogen-bond donors (Lipinski definition) is 1. The average Bonchev–Trinajstić information content (AvgIpc) is 2.57. The largest absolute Gasteiger partial charge is 0.261 e. The van der Waals surface area contributed by atoms with Crippen molar-refractivity contribution in [2.75, 3.05) is 5.43 Å². The van der Waals surface area contributed by atoms with Crippen LogP contribution in [0.2, 0.25) is 5.15 Å². The maximum absolute atomic E-state index is 12.8. The lowest BCUT2D eigenvalue weighted by Crippen LogP contribution is -1.97. The summed E-state index contributed by atoms with van der Waals surface area (Å²) >= 11 is 6.03. The highest BCUT2D eigenvalue weighted by Crippen LogP contribution is 2.19. The molecule has 6 heteroatoms. The van der Waals surface area contributed by atoms with Crippen molar-refractivity contribution in [1.82, 2.24) is 9.97 Å². The third-order valence-corrected chi connectivity index (χ3v) is 3.18. The second-order valence-electron chi connectivity index (χ2n) is 4.69. The Kier molecular flexibility index (Phi) is 4.59. The van der Waals surface area contributed by atoms with Crippen molar-refractivity contribution in [2.24, 2.45) is 5.10 Å². The van der Waals surface area contributed by atoms with E-state index in [1.807, 2.05) is 30.3 Å². The number of halogens is 2. The molecule has 23 heavy (non-hydrogen) atoms. The summed E-state index contributed by atoms with van der Waals surface area (Å²) in [5.74, 6) is 0.699. The number of nitrogens with zero attached hydrogens (tertiary/aromatic N) is 3. The predicted molar refractivity (Wildman–Crippen MR) is 90.1 cm³/mol. The third-order valence-electron chi connectivity index (χ3n) is 2.99. The van der Waals surface area contributed by atoms with Crippen LogP contribution in [0, 0.1) is 5.82 Å². The van der Waals surface area contributed by atoms with E-state index in [1.165, 1.54) is 12.1 Å². The molecule has 0 amide bonds. The van der Waals surface area contributed by atoms with Gasteiger partial charge in [0.15, 0.2) is 11.6 Å². The molecule has 0 saturated carbocycles. The number of rotatable bonds is 4. The van der Waals surface area contributed by atoms with Gasteiger partial charge in [-0.2, -0.15) is 5.10 Å². The molecule has 0 aliphatic heterocycles. The number of hydrazone groups is 1. The van der Waals surface area contributed by atoms with Crippen LogP contribution < -0.4 is 5.43 Å². The van der Waals surface area contributed by atoms with Crippen LogP contribution >= 0.6 is 11.6 Å². The van der Waals surface area contributed by atoms with Crippen molar-refractivity contribution in [3.8, 4) is 11.4 Å². The van der Waals surface area contributed by atoms with E-state index in [1.54, 1.807) is 24.4 Å². The summed E-state index contributed by atoms with van der Waals surface area (Å²) in [6, 6.07) is 17.1. The monoisotopic (exact) mass is 326 g/mol. The van der Waals surface area contributed by atoms with Gasteiger partial charge in [0.2, 0.25) is 0 Å². The molecule has 2 aromatic carbocycles. The fourth-order valence-electron chi connectivity index (χ4n) is 1.91. The minimum atomic E-state index is -0.287. The van der Waals surface area contributed by atoms with Gasteiger partial charge in [-0.1, -0.05) is 54.1 Å². The SMILES string of the molecule is Fc1ccc(/C=N\Nc2cc(Cl)nc(-c3ccccc3)n2)cc1. The first kappa shape index (κ1) is 15.1. The van der Waals surface area contributed by atoms with E-state index in [9.17, 15) is 4.39 Å². The molecule has 0 fully saturated rings. The topological polar surface area (TPSA) is 50.2 Å². The fourth-order valence-corrected chi connectivity index (χ4v) is 2.10. The highest BCUT2D eigenvalue weighted by atomic mass is 35.5. The molecule has 1 aromatic heterocycles. The molecule has 0 radical (unpaired) electrons. The van der Waals surface area contributed by atoms with Crippen LogP contribution in [-0.2, 0) is 0 Å². The van der Waals surface area contributed by atoms with E-state index in [2.05, 4.69) is 20.5 Å². The van der Waals surface area contributed by atoms with E-state index in [-0.39, 0.29) is 5.82 Å². The summed E-state index contributed by atoms with van der Waals surface area (Å²) in [6.07, 6.45) is 1.57. The Morgan fingerprint density at radius 2 is 1.74 bits per heavy atom. The molecule has 0 spiro atoms. The molecule has 0 bridgehead atoms. The molecule has 1 heterocycles. The summed E-state index contributed by atoms with van der Waals surface area (Å²) in [7, 11) is 0. The van der Waals surface area contributed by atoms with Crippen molar-refractivity contribution >= 4 is 23.6 Å². The first-order chi connectivity index (χ1) is 11.2. The number of nitrogens with one attached hydrogen (secondary N) is 1. The summed E-state index contributed by atoms with van der Waals surface area (Å²) in [5, 5.41) is 4.39. The second kappa shape index (κ2) is 6.98. The third kappa shape index (κ3) is 4.11. The first-order valence-electron chi connectivity index (χ1n) is 6.85. The van der Waals surface area contributed by atoms with Crippen molar-refractivity contribution in [3.63, 3.8) is 0 Å². The number of anilines is 1. The van der Waals surface area contributed by atoms with Gasteiger partial charge in [-0.3, -0.25) is 5.43 Å². The average molecular weight is 327 g/mol. The lowest BCUT2D eigenvalue weighted by atomic mass is 10.2. The minimum Gasteiger partial charge on any atom is -0.261 e. The molecule has 0 saturated heterocycles. The quantitative estimate of drug-likeness (QED) is 0.439.